The third kappa shape index (κ3) is 2.25. The Morgan fingerprint density at radius 2 is 1.31 bits per heavy atom. The number of fused-ring (bicyclic) bond motifs is 1. The van der Waals surface area contributed by atoms with Gasteiger partial charge in [0.05, 0.1) is 11.1 Å². The fourth-order valence-corrected chi connectivity index (χ4v) is 1.12. The predicted molar refractivity (Wildman–Crippen MR) is 40.2 cm³/mol. The number of benzene rings is 1. The minimum Gasteiger partial charge on any atom is -0.870 e. The molecular formula is C8H6KNO3. The molecule has 13 heavy (non-hydrogen) atoms. The molecule has 0 saturated heterocycles. The van der Waals surface area contributed by atoms with E-state index in [9.17, 15) is 9.59 Å². The van der Waals surface area contributed by atoms with Crippen molar-refractivity contribution in [2.45, 2.75) is 0 Å². The quantitative estimate of drug-likeness (QED) is 0.371. The van der Waals surface area contributed by atoms with E-state index in [1.165, 1.54) is 0 Å². The summed E-state index contributed by atoms with van der Waals surface area (Å²) >= 11 is 0. The van der Waals surface area contributed by atoms with E-state index in [0.29, 0.717) is 11.1 Å². The standard InChI is InChI=1S/C8H5NO2.K.H2O/c10-7-5-3-1-2-4-6(5)8(11)9-7;;/h1-4H,(H,9,10,11);;1H2/q;+1;/p-1. The van der Waals surface area contributed by atoms with Crippen molar-refractivity contribution in [2.75, 3.05) is 0 Å². The number of hydrogen-bond donors (Lipinski definition) is 1. The molecule has 1 aromatic carbocycles. The van der Waals surface area contributed by atoms with Gasteiger partial charge in [-0.05, 0) is 12.1 Å². The predicted octanol–water partition coefficient (Wildman–Crippen LogP) is -2.60. The Morgan fingerprint density at radius 3 is 1.69 bits per heavy atom. The average Bonchev–Trinajstić information content (AvgIpc) is 2.30. The van der Waals surface area contributed by atoms with Crippen LogP contribution in [0, 0.1) is 0 Å². The first-order valence-electron chi connectivity index (χ1n) is 3.24. The Bertz CT molecular complexity index is 318. The molecule has 2 N–H and O–H groups in total. The van der Waals surface area contributed by atoms with Gasteiger partial charge in [-0.3, -0.25) is 14.9 Å². The number of nitrogens with one attached hydrogen (secondary N) is 1. The molecule has 5 heteroatoms. The van der Waals surface area contributed by atoms with E-state index in [1.54, 1.807) is 24.3 Å². The largest absolute Gasteiger partial charge is 1.00 e. The zero-order valence-corrected chi connectivity index (χ0v) is 10.2. The van der Waals surface area contributed by atoms with E-state index < -0.39 is 0 Å². The van der Waals surface area contributed by atoms with Crippen molar-refractivity contribution in [1.82, 2.24) is 5.32 Å². The third-order valence-corrected chi connectivity index (χ3v) is 1.64. The van der Waals surface area contributed by atoms with Gasteiger partial charge in [-0.15, -0.1) is 0 Å². The molecule has 62 valence electrons. The minimum atomic E-state index is -0.300. The normalized spacial score (nSPS) is 12.3. The number of carbonyl (C=O) groups is 2. The summed E-state index contributed by atoms with van der Waals surface area (Å²) in [7, 11) is 0. The van der Waals surface area contributed by atoms with Gasteiger partial charge in [-0.1, -0.05) is 12.1 Å². The molecule has 0 spiro atoms. The number of amides is 2. The Balaban J connectivity index is 0.000000720. The van der Waals surface area contributed by atoms with E-state index in [1.807, 2.05) is 0 Å². The van der Waals surface area contributed by atoms with Crippen molar-refractivity contribution >= 4 is 11.8 Å². The average molecular weight is 203 g/mol. The van der Waals surface area contributed by atoms with Crippen LogP contribution in [-0.4, -0.2) is 17.3 Å². The minimum absolute atomic E-state index is 0. The summed E-state index contributed by atoms with van der Waals surface area (Å²) in [6.45, 7) is 0. The molecule has 1 aliphatic heterocycles. The molecule has 1 heterocycles. The summed E-state index contributed by atoms with van der Waals surface area (Å²) in [6.07, 6.45) is 0. The zero-order valence-electron chi connectivity index (χ0n) is 7.07. The van der Waals surface area contributed by atoms with Crippen molar-refractivity contribution in [2.24, 2.45) is 0 Å². The summed E-state index contributed by atoms with van der Waals surface area (Å²) in [5.74, 6) is -0.601. The van der Waals surface area contributed by atoms with Gasteiger partial charge in [-0.2, -0.15) is 0 Å². The van der Waals surface area contributed by atoms with E-state index in [0.717, 1.165) is 0 Å². The monoisotopic (exact) mass is 203 g/mol. The molecule has 4 nitrogen and oxygen atoms in total. The van der Waals surface area contributed by atoms with Crippen LogP contribution in [0.4, 0.5) is 0 Å². The summed E-state index contributed by atoms with van der Waals surface area (Å²) in [5, 5.41) is 2.20. The van der Waals surface area contributed by atoms with Crippen molar-refractivity contribution in [3.63, 3.8) is 0 Å². The van der Waals surface area contributed by atoms with Crippen LogP contribution >= 0.6 is 0 Å². The number of carbonyl (C=O) groups excluding carboxylic acids is 2. The molecule has 0 bridgehead atoms. The van der Waals surface area contributed by atoms with E-state index in [-0.39, 0.29) is 68.7 Å². The van der Waals surface area contributed by atoms with Crippen LogP contribution in [0.1, 0.15) is 20.7 Å². The molecule has 2 rings (SSSR count). The number of imide groups is 1. The SMILES string of the molecule is O=C1NC(=O)c2ccccc21.[K+].[OH-]. The molecule has 0 aliphatic carbocycles. The first-order valence-corrected chi connectivity index (χ1v) is 3.24. The van der Waals surface area contributed by atoms with Gasteiger partial charge >= 0.3 is 51.4 Å². The van der Waals surface area contributed by atoms with Crippen molar-refractivity contribution in [3.8, 4) is 0 Å². The molecule has 0 fully saturated rings. The second-order valence-corrected chi connectivity index (χ2v) is 2.33. The molecule has 0 atom stereocenters. The Hall–Kier alpha value is -0.0436. The van der Waals surface area contributed by atoms with Gasteiger partial charge in [0.25, 0.3) is 11.8 Å². The molecule has 0 unspecified atom stereocenters. The van der Waals surface area contributed by atoms with E-state index in [2.05, 4.69) is 5.32 Å². The topological polar surface area (TPSA) is 76.2 Å². The van der Waals surface area contributed by atoms with Crippen LogP contribution in [0.15, 0.2) is 24.3 Å². The van der Waals surface area contributed by atoms with Gasteiger partial charge in [0.2, 0.25) is 0 Å². The van der Waals surface area contributed by atoms with E-state index in [4.69, 9.17) is 0 Å². The molecule has 0 radical (unpaired) electrons. The fraction of sp³-hybridized carbons (Fsp3) is 0. The fourth-order valence-electron chi connectivity index (χ4n) is 1.12. The maximum atomic E-state index is 10.9. The summed E-state index contributed by atoms with van der Waals surface area (Å²) in [6, 6.07) is 6.74. The molecule has 0 aromatic heterocycles. The molecule has 1 aromatic rings. The van der Waals surface area contributed by atoms with Gasteiger partial charge in [0.1, 0.15) is 0 Å². The molecule has 0 saturated carbocycles. The van der Waals surface area contributed by atoms with Gasteiger partial charge < -0.3 is 5.48 Å². The maximum absolute atomic E-state index is 10.9. The second kappa shape index (κ2) is 4.99. The zero-order chi connectivity index (χ0) is 7.84. The van der Waals surface area contributed by atoms with Gasteiger partial charge in [0.15, 0.2) is 0 Å². The van der Waals surface area contributed by atoms with Crippen LogP contribution in [0.2, 0.25) is 0 Å². The Labute approximate surface area is 117 Å². The van der Waals surface area contributed by atoms with Gasteiger partial charge in [-0.25, -0.2) is 0 Å². The maximum Gasteiger partial charge on any atom is 1.00 e. The van der Waals surface area contributed by atoms with Crippen molar-refractivity contribution in [1.29, 1.82) is 0 Å². The van der Waals surface area contributed by atoms with Crippen LogP contribution in [0.3, 0.4) is 0 Å². The van der Waals surface area contributed by atoms with Crippen molar-refractivity contribution in [3.05, 3.63) is 35.4 Å². The number of hydrogen-bond acceptors (Lipinski definition) is 3. The summed E-state index contributed by atoms with van der Waals surface area (Å²) < 4.78 is 0. The molecule has 1 aliphatic rings. The smallest absolute Gasteiger partial charge is 0.870 e. The summed E-state index contributed by atoms with van der Waals surface area (Å²) in [5.41, 5.74) is 0.940. The summed E-state index contributed by atoms with van der Waals surface area (Å²) in [4.78, 5) is 21.9. The first-order chi connectivity index (χ1) is 5.29. The second-order valence-electron chi connectivity index (χ2n) is 2.33. The third-order valence-electron chi connectivity index (χ3n) is 1.64. The van der Waals surface area contributed by atoms with Crippen molar-refractivity contribution < 1.29 is 66.4 Å². The molecular weight excluding hydrogens is 197 g/mol. The molecule has 2 amide bonds. The van der Waals surface area contributed by atoms with Crippen LogP contribution < -0.4 is 56.7 Å². The van der Waals surface area contributed by atoms with E-state index >= 15 is 0 Å². The Kier molecular flexibility index (Phi) is 4.98. The van der Waals surface area contributed by atoms with Crippen LogP contribution in [0.5, 0.6) is 0 Å². The van der Waals surface area contributed by atoms with Crippen LogP contribution in [0.25, 0.3) is 0 Å². The number of rotatable bonds is 0. The van der Waals surface area contributed by atoms with Gasteiger partial charge in [0, 0.05) is 0 Å². The first kappa shape index (κ1) is 13.0. The Morgan fingerprint density at radius 1 is 0.923 bits per heavy atom. The van der Waals surface area contributed by atoms with Crippen LogP contribution in [-0.2, 0) is 0 Å².